The van der Waals surface area contributed by atoms with Crippen molar-refractivity contribution in [2.75, 3.05) is 5.32 Å². The van der Waals surface area contributed by atoms with Gasteiger partial charge < -0.3 is 9.84 Å². The van der Waals surface area contributed by atoms with E-state index in [-0.39, 0.29) is 17.0 Å². The smallest absolute Gasteiger partial charge is 0.295 e. The number of rotatable bonds is 4. The van der Waals surface area contributed by atoms with Crippen LogP contribution in [0.3, 0.4) is 0 Å². The number of hydrogen-bond acceptors (Lipinski definition) is 5. The minimum atomic E-state index is -0.432. The fourth-order valence-electron chi connectivity index (χ4n) is 4.04. The van der Waals surface area contributed by atoms with Gasteiger partial charge in [0.05, 0.1) is 33.7 Å². The lowest BCUT2D eigenvalue weighted by Gasteiger charge is -2.08. The molecule has 0 spiro atoms. The van der Waals surface area contributed by atoms with Crippen LogP contribution in [0.5, 0.6) is 0 Å². The third-order valence-corrected chi connectivity index (χ3v) is 6.00. The lowest BCUT2D eigenvalue weighted by molar-refractivity contribution is 0.102. The Morgan fingerprint density at radius 1 is 1.00 bits per heavy atom. The van der Waals surface area contributed by atoms with E-state index in [2.05, 4.69) is 15.5 Å². The van der Waals surface area contributed by atoms with Crippen molar-refractivity contribution in [2.24, 2.45) is 7.05 Å². The Bertz CT molecular complexity index is 1590. The van der Waals surface area contributed by atoms with E-state index in [0.29, 0.717) is 33.7 Å². The molecule has 0 saturated heterocycles. The van der Waals surface area contributed by atoms with Crippen molar-refractivity contribution in [3.05, 3.63) is 93.5 Å². The van der Waals surface area contributed by atoms with Gasteiger partial charge in [0.2, 0.25) is 0 Å². The van der Waals surface area contributed by atoms with E-state index < -0.39 is 5.91 Å². The number of pyridine rings is 1. The zero-order chi connectivity index (χ0) is 24.0. The maximum atomic E-state index is 13.5. The van der Waals surface area contributed by atoms with Crippen molar-refractivity contribution in [3.63, 3.8) is 0 Å². The number of carbonyl (C=O) groups excluding carboxylic acids is 1. The molecule has 1 amide bonds. The van der Waals surface area contributed by atoms with Crippen LogP contribution in [0.25, 0.3) is 28.0 Å². The molecular weight excluding hydrogens is 430 g/mol. The Morgan fingerprint density at radius 2 is 1.71 bits per heavy atom. The number of carbonyl (C=O) groups is 1. The standard InChI is InChI=1S/C26H23N5O3/c1-15-10-12-18(13-11-15)21-14-20(22-16(2)29-34-25(22)27-21)24(32)28-23-17(3)30(4)31(26(23)33)19-8-6-5-7-9-19/h5-14H,1-4H3,(H,28,32). The van der Waals surface area contributed by atoms with Gasteiger partial charge in [0.25, 0.3) is 17.2 Å². The molecule has 5 aromatic rings. The van der Waals surface area contributed by atoms with Gasteiger partial charge in [-0.05, 0) is 39.0 Å². The molecule has 3 heterocycles. The normalized spacial score (nSPS) is 11.2. The summed E-state index contributed by atoms with van der Waals surface area (Å²) >= 11 is 0. The summed E-state index contributed by atoms with van der Waals surface area (Å²) < 4.78 is 8.64. The van der Waals surface area contributed by atoms with E-state index in [1.807, 2.05) is 61.5 Å². The first-order valence-corrected chi connectivity index (χ1v) is 10.8. The summed E-state index contributed by atoms with van der Waals surface area (Å²) in [5, 5.41) is 7.35. The maximum Gasteiger partial charge on any atom is 0.295 e. The number of para-hydroxylation sites is 1. The van der Waals surface area contributed by atoms with Crippen LogP contribution < -0.4 is 10.9 Å². The molecule has 34 heavy (non-hydrogen) atoms. The second-order valence-corrected chi connectivity index (χ2v) is 8.26. The Labute approximate surface area is 195 Å². The molecular formula is C26H23N5O3. The molecule has 3 aromatic heterocycles. The highest BCUT2D eigenvalue weighted by molar-refractivity contribution is 6.13. The topological polar surface area (TPSA) is 95.0 Å². The Balaban J connectivity index is 1.60. The Morgan fingerprint density at radius 3 is 2.41 bits per heavy atom. The molecule has 8 nitrogen and oxygen atoms in total. The summed E-state index contributed by atoms with van der Waals surface area (Å²) in [5.74, 6) is -0.432. The lowest BCUT2D eigenvalue weighted by atomic mass is 10.0. The average molecular weight is 454 g/mol. The van der Waals surface area contributed by atoms with Crippen molar-refractivity contribution in [3.8, 4) is 16.9 Å². The summed E-state index contributed by atoms with van der Waals surface area (Å²) in [6.07, 6.45) is 0. The summed E-state index contributed by atoms with van der Waals surface area (Å²) in [4.78, 5) is 31.3. The van der Waals surface area contributed by atoms with Gasteiger partial charge in [-0.3, -0.25) is 14.3 Å². The first-order chi connectivity index (χ1) is 16.3. The molecule has 1 N–H and O–H groups in total. The van der Waals surface area contributed by atoms with E-state index in [4.69, 9.17) is 4.52 Å². The SMILES string of the molecule is Cc1ccc(-c2cc(C(=O)Nc3c(C)n(C)n(-c4ccccc4)c3=O)c3c(C)noc3n2)cc1. The molecule has 0 bridgehead atoms. The van der Waals surface area contributed by atoms with Crippen LogP contribution in [0.2, 0.25) is 0 Å². The summed E-state index contributed by atoms with van der Waals surface area (Å²) in [6.45, 7) is 5.55. The summed E-state index contributed by atoms with van der Waals surface area (Å²) in [5.41, 5.74) is 4.95. The number of anilines is 1. The lowest BCUT2D eigenvalue weighted by Crippen LogP contribution is -2.23. The summed E-state index contributed by atoms with van der Waals surface area (Å²) in [6, 6.07) is 18.8. The van der Waals surface area contributed by atoms with Crippen LogP contribution in [0.1, 0.15) is 27.3 Å². The number of nitrogens with one attached hydrogen (secondary N) is 1. The van der Waals surface area contributed by atoms with Gasteiger partial charge in [-0.2, -0.15) is 0 Å². The third kappa shape index (κ3) is 3.49. The summed E-state index contributed by atoms with van der Waals surface area (Å²) in [7, 11) is 1.78. The highest BCUT2D eigenvalue weighted by atomic mass is 16.5. The van der Waals surface area contributed by atoms with Gasteiger partial charge in [-0.25, -0.2) is 9.67 Å². The maximum absolute atomic E-state index is 13.5. The van der Waals surface area contributed by atoms with Crippen molar-refractivity contribution in [2.45, 2.75) is 20.8 Å². The molecule has 0 radical (unpaired) electrons. The van der Waals surface area contributed by atoms with Gasteiger partial charge in [-0.1, -0.05) is 53.2 Å². The first kappa shape index (κ1) is 21.4. The Kier molecular flexibility index (Phi) is 5.13. The van der Waals surface area contributed by atoms with Crippen molar-refractivity contribution < 1.29 is 9.32 Å². The molecule has 170 valence electrons. The molecule has 8 heteroatoms. The highest BCUT2D eigenvalue weighted by Gasteiger charge is 2.23. The van der Waals surface area contributed by atoms with E-state index in [1.54, 1.807) is 31.6 Å². The molecule has 0 atom stereocenters. The quantitative estimate of drug-likeness (QED) is 0.431. The second-order valence-electron chi connectivity index (χ2n) is 8.26. The number of fused-ring (bicyclic) bond motifs is 1. The van der Waals surface area contributed by atoms with Crippen molar-refractivity contribution in [1.82, 2.24) is 19.5 Å². The molecule has 0 aliphatic carbocycles. The molecule has 0 unspecified atom stereocenters. The number of nitrogens with zero attached hydrogens (tertiary/aromatic N) is 4. The molecule has 5 rings (SSSR count). The van der Waals surface area contributed by atoms with Crippen molar-refractivity contribution in [1.29, 1.82) is 0 Å². The predicted molar refractivity (Wildman–Crippen MR) is 130 cm³/mol. The van der Waals surface area contributed by atoms with Crippen LogP contribution in [-0.2, 0) is 7.05 Å². The second kappa shape index (κ2) is 8.15. The number of hydrogen-bond donors (Lipinski definition) is 1. The van der Waals surface area contributed by atoms with E-state index in [0.717, 1.165) is 11.1 Å². The van der Waals surface area contributed by atoms with Crippen LogP contribution in [-0.4, -0.2) is 25.4 Å². The van der Waals surface area contributed by atoms with Gasteiger partial charge in [0.15, 0.2) is 0 Å². The molecule has 0 aliphatic rings. The van der Waals surface area contributed by atoms with Gasteiger partial charge >= 0.3 is 0 Å². The fraction of sp³-hybridized carbons (Fsp3) is 0.154. The predicted octanol–water partition coefficient (Wildman–Crippen LogP) is 4.56. The zero-order valence-corrected chi connectivity index (χ0v) is 19.3. The van der Waals surface area contributed by atoms with E-state index >= 15 is 0 Å². The Hall–Kier alpha value is -4.46. The third-order valence-electron chi connectivity index (χ3n) is 6.00. The fourth-order valence-corrected chi connectivity index (χ4v) is 4.04. The average Bonchev–Trinajstić information content (AvgIpc) is 3.32. The molecule has 0 saturated carbocycles. The van der Waals surface area contributed by atoms with Crippen molar-refractivity contribution >= 4 is 22.7 Å². The van der Waals surface area contributed by atoms with Crippen LogP contribution in [0.15, 0.2) is 70.0 Å². The number of aryl methyl sites for hydroxylation is 2. The minimum absolute atomic E-state index is 0.215. The monoisotopic (exact) mass is 453 g/mol. The molecule has 0 aliphatic heterocycles. The van der Waals surface area contributed by atoms with Gasteiger partial charge in [-0.15, -0.1) is 0 Å². The van der Waals surface area contributed by atoms with Crippen LogP contribution in [0.4, 0.5) is 5.69 Å². The zero-order valence-electron chi connectivity index (χ0n) is 19.3. The van der Waals surface area contributed by atoms with Crippen LogP contribution >= 0.6 is 0 Å². The highest BCUT2D eigenvalue weighted by Crippen LogP contribution is 2.28. The number of aromatic nitrogens is 4. The molecule has 0 fully saturated rings. The number of amides is 1. The first-order valence-electron chi connectivity index (χ1n) is 10.8. The van der Waals surface area contributed by atoms with Gasteiger partial charge in [0, 0.05) is 12.6 Å². The van der Waals surface area contributed by atoms with E-state index in [1.165, 1.54) is 4.68 Å². The number of benzene rings is 2. The van der Waals surface area contributed by atoms with Crippen LogP contribution in [0, 0.1) is 20.8 Å². The minimum Gasteiger partial charge on any atom is -0.335 e. The van der Waals surface area contributed by atoms with E-state index in [9.17, 15) is 9.59 Å². The molecule has 2 aromatic carbocycles. The van der Waals surface area contributed by atoms with Gasteiger partial charge in [0.1, 0.15) is 5.69 Å². The largest absolute Gasteiger partial charge is 0.335 e.